The van der Waals surface area contributed by atoms with E-state index in [4.69, 9.17) is 0 Å². The van der Waals surface area contributed by atoms with Crippen LogP contribution in [0.2, 0.25) is 0 Å². The van der Waals surface area contributed by atoms with Crippen molar-refractivity contribution in [2.24, 2.45) is 0 Å². The van der Waals surface area contributed by atoms with E-state index < -0.39 is 0 Å². The Morgan fingerprint density at radius 1 is 1.53 bits per heavy atom. The van der Waals surface area contributed by atoms with Crippen LogP contribution in [0.4, 0.5) is 0 Å². The fourth-order valence-corrected chi connectivity index (χ4v) is 2.47. The second kappa shape index (κ2) is 6.47. The molecule has 0 fully saturated rings. The molecule has 2 heterocycles. The summed E-state index contributed by atoms with van der Waals surface area (Å²) in [5.41, 5.74) is 0.855. The smallest absolute Gasteiger partial charge is 0.226 e. The molecule has 1 amide bonds. The van der Waals surface area contributed by atoms with Crippen molar-refractivity contribution in [2.45, 2.75) is 32.7 Å². The van der Waals surface area contributed by atoms with Crippen LogP contribution >= 0.6 is 11.3 Å². The van der Waals surface area contributed by atoms with Gasteiger partial charge in [0.15, 0.2) is 0 Å². The van der Waals surface area contributed by atoms with E-state index in [1.54, 1.807) is 23.9 Å². The maximum Gasteiger partial charge on any atom is 0.226 e. The van der Waals surface area contributed by atoms with Gasteiger partial charge in [-0.3, -0.25) is 4.79 Å². The molecule has 0 aliphatic rings. The fourth-order valence-electron chi connectivity index (χ4n) is 1.64. The molecule has 5 nitrogen and oxygen atoms in total. The lowest BCUT2D eigenvalue weighted by molar-refractivity contribution is -0.120. The molecule has 2 aromatic rings. The van der Waals surface area contributed by atoms with Gasteiger partial charge < -0.3 is 9.88 Å². The lowest BCUT2D eigenvalue weighted by Gasteiger charge is -2.04. The van der Waals surface area contributed by atoms with E-state index in [0.717, 1.165) is 17.2 Å². The summed E-state index contributed by atoms with van der Waals surface area (Å²) in [5.74, 6) is 0.434. The predicted octanol–water partition coefficient (Wildman–Crippen LogP) is 1.82. The SMILES string of the molecule is CC(C)c1nc(CC(=O)NCCn2ccnc2)cs1. The molecule has 1 N–H and O–H groups in total. The molecule has 102 valence electrons. The molecule has 0 saturated heterocycles. The van der Waals surface area contributed by atoms with Gasteiger partial charge in [0.25, 0.3) is 0 Å². The Morgan fingerprint density at radius 3 is 3.00 bits per heavy atom. The number of amides is 1. The number of carbonyl (C=O) groups excluding carboxylic acids is 1. The highest BCUT2D eigenvalue weighted by Crippen LogP contribution is 2.19. The summed E-state index contributed by atoms with van der Waals surface area (Å²) in [6, 6.07) is 0. The van der Waals surface area contributed by atoms with E-state index in [2.05, 4.69) is 29.1 Å². The van der Waals surface area contributed by atoms with Gasteiger partial charge in [-0.2, -0.15) is 0 Å². The summed E-state index contributed by atoms with van der Waals surface area (Å²) >= 11 is 1.62. The highest BCUT2D eigenvalue weighted by atomic mass is 32.1. The zero-order chi connectivity index (χ0) is 13.7. The molecular weight excluding hydrogens is 260 g/mol. The Hall–Kier alpha value is -1.69. The van der Waals surface area contributed by atoms with Gasteiger partial charge in [0.2, 0.25) is 5.91 Å². The van der Waals surface area contributed by atoms with Crippen LogP contribution in [0.15, 0.2) is 24.1 Å². The fraction of sp³-hybridized carbons (Fsp3) is 0.462. The van der Waals surface area contributed by atoms with Crippen LogP contribution in [-0.2, 0) is 17.8 Å². The second-order valence-corrected chi connectivity index (χ2v) is 5.55. The van der Waals surface area contributed by atoms with Gasteiger partial charge in [-0.15, -0.1) is 11.3 Å². The minimum absolute atomic E-state index is 0.0146. The van der Waals surface area contributed by atoms with E-state index in [-0.39, 0.29) is 5.91 Å². The highest BCUT2D eigenvalue weighted by Gasteiger charge is 2.09. The number of hydrogen-bond acceptors (Lipinski definition) is 4. The van der Waals surface area contributed by atoms with Crippen LogP contribution in [0.3, 0.4) is 0 Å². The van der Waals surface area contributed by atoms with Crippen LogP contribution in [0, 0.1) is 0 Å². The Labute approximate surface area is 116 Å². The van der Waals surface area contributed by atoms with Crippen molar-refractivity contribution in [3.8, 4) is 0 Å². The average Bonchev–Trinajstić information content (AvgIpc) is 3.00. The van der Waals surface area contributed by atoms with Crippen LogP contribution in [0.1, 0.15) is 30.5 Å². The molecule has 0 radical (unpaired) electrons. The average molecular weight is 278 g/mol. The molecule has 0 spiro atoms. The lowest BCUT2D eigenvalue weighted by atomic mass is 10.2. The first-order chi connectivity index (χ1) is 9.15. The quantitative estimate of drug-likeness (QED) is 0.877. The van der Waals surface area contributed by atoms with Gasteiger partial charge in [-0.1, -0.05) is 13.8 Å². The molecule has 6 heteroatoms. The maximum absolute atomic E-state index is 11.7. The zero-order valence-electron chi connectivity index (χ0n) is 11.2. The largest absolute Gasteiger partial charge is 0.354 e. The van der Waals surface area contributed by atoms with Crippen molar-refractivity contribution in [3.05, 3.63) is 34.8 Å². The second-order valence-electron chi connectivity index (χ2n) is 4.66. The highest BCUT2D eigenvalue weighted by molar-refractivity contribution is 7.09. The number of nitrogens with one attached hydrogen (secondary N) is 1. The molecule has 19 heavy (non-hydrogen) atoms. The van der Waals surface area contributed by atoms with Crippen LogP contribution in [-0.4, -0.2) is 27.0 Å². The van der Waals surface area contributed by atoms with Crippen molar-refractivity contribution in [1.82, 2.24) is 19.9 Å². The zero-order valence-corrected chi connectivity index (χ0v) is 12.0. The summed E-state index contributed by atoms with van der Waals surface area (Å²) in [6.07, 6.45) is 5.70. The lowest BCUT2D eigenvalue weighted by Crippen LogP contribution is -2.28. The van der Waals surface area contributed by atoms with Crippen LogP contribution < -0.4 is 5.32 Å². The Kier molecular flexibility index (Phi) is 4.68. The van der Waals surface area contributed by atoms with Crippen LogP contribution in [0.5, 0.6) is 0 Å². The predicted molar refractivity (Wildman–Crippen MR) is 75.1 cm³/mol. The number of carbonyl (C=O) groups is 1. The number of hydrogen-bond donors (Lipinski definition) is 1. The molecular formula is C13H18N4OS. The van der Waals surface area contributed by atoms with Crippen molar-refractivity contribution >= 4 is 17.2 Å². The van der Waals surface area contributed by atoms with Gasteiger partial charge in [-0.05, 0) is 0 Å². The molecule has 0 aliphatic carbocycles. The van der Waals surface area contributed by atoms with Gasteiger partial charge in [0, 0.05) is 36.8 Å². The third-order valence-corrected chi connectivity index (χ3v) is 3.85. The summed E-state index contributed by atoms with van der Waals surface area (Å²) in [5, 5.41) is 5.93. The number of nitrogens with zero attached hydrogens (tertiary/aromatic N) is 3. The molecule has 2 aromatic heterocycles. The van der Waals surface area contributed by atoms with E-state index in [9.17, 15) is 4.79 Å². The summed E-state index contributed by atoms with van der Waals surface area (Å²) < 4.78 is 1.93. The third kappa shape index (κ3) is 4.17. The van der Waals surface area contributed by atoms with Gasteiger partial charge >= 0.3 is 0 Å². The molecule has 0 atom stereocenters. The van der Waals surface area contributed by atoms with E-state index >= 15 is 0 Å². The molecule has 0 unspecified atom stereocenters. The monoisotopic (exact) mass is 278 g/mol. The van der Waals surface area contributed by atoms with Gasteiger partial charge in [0.05, 0.1) is 23.4 Å². The van der Waals surface area contributed by atoms with E-state index in [1.165, 1.54) is 0 Å². The first-order valence-electron chi connectivity index (χ1n) is 6.32. The Balaban J connectivity index is 1.74. The Morgan fingerprint density at radius 2 is 2.37 bits per heavy atom. The third-order valence-electron chi connectivity index (χ3n) is 2.66. The molecule has 2 rings (SSSR count). The molecule has 0 saturated carbocycles. The summed E-state index contributed by atoms with van der Waals surface area (Å²) in [7, 11) is 0. The minimum atomic E-state index is 0.0146. The van der Waals surface area contributed by atoms with Gasteiger partial charge in [0.1, 0.15) is 0 Å². The number of imidazole rings is 1. The van der Waals surface area contributed by atoms with E-state index in [1.807, 2.05) is 16.1 Å². The molecule has 0 bridgehead atoms. The number of rotatable bonds is 6. The van der Waals surface area contributed by atoms with Crippen molar-refractivity contribution in [1.29, 1.82) is 0 Å². The van der Waals surface area contributed by atoms with Crippen molar-refractivity contribution in [2.75, 3.05) is 6.54 Å². The van der Waals surface area contributed by atoms with E-state index in [0.29, 0.717) is 18.9 Å². The van der Waals surface area contributed by atoms with Crippen molar-refractivity contribution < 1.29 is 4.79 Å². The Bertz CT molecular complexity index is 518. The maximum atomic E-state index is 11.7. The minimum Gasteiger partial charge on any atom is -0.354 e. The first kappa shape index (κ1) is 13.7. The normalized spacial score (nSPS) is 10.9. The number of aromatic nitrogens is 3. The van der Waals surface area contributed by atoms with Crippen molar-refractivity contribution in [3.63, 3.8) is 0 Å². The number of thiazole rings is 1. The van der Waals surface area contributed by atoms with Crippen LogP contribution in [0.25, 0.3) is 0 Å². The molecule has 0 aliphatic heterocycles. The van der Waals surface area contributed by atoms with Gasteiger partial charge in [-0.25, -0.2) is 9.97 Å². The first-order valence-corrected chi connectivity index (χ1v) is 7.20. The topological polar surface area (TPSA) is 59.8 Å². The molecule has 0 aromatic carbocycles. The standard InChI is InChI=1S/C13H18N4OS/c1-10(2)13-16-11(8-19-13)7-12(18)15-4-6-17-5-3-14-9-17/h3,5,8-10H,4,6-7H2,1-2H3,(H,15,18). The summed E-state index contributed by atoms with van der Waals surface area (Å²) in [6.45, 7) is 5.55. The summed E-state index contributed by atoms with van der Waals surface area (Å²) in [4.78, 5) is 20.1.